The molecule has 0 aliphatic carbocycles. The maximum atomic E-state index is 12.6. The molecule has 0 aliphatic heterocycles. The van der Waals surface area contributed by atoms with Crippen LogP contribution in [-0.4, -0.2) is 24.7 Å². The van der Waals surface area contributed by atoms with Crippen molar-refractivity contribution < 1.29 is 13.3 Å². The molecule has 2 aromatic rings. The Labute approximate surface area is 137 Å². The fourth-order valence-electron chi connectivity index (χ4n) is 1.99. The Hall–Kier alpha value is -1.48. The molecule has 0 fully saturated rings. The Kier molecular flexibility index (Phi) is 4.86. The molecule has 0 aliphatic rings. The van der Waals surface area contributed by atoms with Crippen LogP contribution in [0.2, 0.25) is 4.34 Å². The number of benzene rings is 1. The van der Waals surface area contributed by atoms with Crippen molar-refractivity contribution >= 4 is 38.6 Å². The van der Waals surface area contributed by atoms with Crippen LogP contribution in [0.3, 0.4) is 0 Å². The maximum absolute atomic E-state index is 12.6. The molecule has 0 N–H and O–H groups in total. The molecule has 1 aromatic carbocycles. The minimum Gasteiger partial charge on any atom is -0.258 e. The van der Waals surface area contributed by atoms with E-state index in [4.69, 9.17) is 11.6 Å². The summed E-state index contributed by atoms with van der Waals surface area (Å²) >= 11 is 7.12. The van der Waals surface area contributed by atoms with Crippen LogP contribution in [0, 0.1) is 17.0 Å². The largest absolute Gasteiger partial charge is 0.273 e. The Bertz CT molecular complexity index is 817. The molecule has 0 spiro atoms. The number of nitro groups is 1. The van der Waals surface area contributed by atoms with Gasteiger partial charge in [0.05, 0.1) is 14.2 Å². The van der Waals surface area contributed by atoms with E-state index in [1.54, 1.807) is 12.1 Å². The van der Waals surface area contributed by atoms with Crippen molar-refractivity contribution in [2.75, 3.05) is 7.05 Å². The number of nitro benzene ring substituents is 1. The number of sulfonamides is 1. The van der Waals surface area contributed by atoms with Crippen molar-refractivity contribution in [3.8, 4) is 0 Å². The van der Waals surface area contributed by atoms with Crippen molar-refractivity contribution in [2.45, 2.75) is 18.4 Å². The first-order valence-electron chi connectivity index (χ1n) is 6.18. The number of halogens is 1. The van der Waals surface area contributed by atoms with Crippen LogP contribution in [0.15, 0.2) is 35.2 Å². The van der Waals surface area contributed by atoms with Gasteiger partial charge in [-0.3, -0.25) is 10.1 Å². The average Bonchev–Trinajstić information content (AvgIpc) is 2.83. The summed E-state index contributed by atoms with van der Waals surface area (Å²) in [5.41, 5.74) is -0.0859. The minimum absolute atomic E-state index is 0.0631. The van der Waals surface area contributed by atoms with Gasteiger partial charge in [0.1, 0.15) is 0 Å². The zero-order valence-electron chi connectivity index (χ0n) is 11.8. The van der Waals surface area contributed by atoms with Crippen molar-refractivity contribution in [1.29, 1.82) is 0 Å². The molecular weight excluding hydrogens is 348 g/mol. The highest BCUT2D eigenvalue weighted by molar-refractivity contribution is 7.89. The zero-order valence-corrected chi connectivity index (χ0v) is 14.2. The first-order valence-corrected chi connectivity index (χ1v) is 8.81. The average molecular weight is 361 g/mol. The standard InChI is InChI=1S/C13H13ClN2O4S2/c1-9-11(16(17)18)4-3-5-12(9)22(19,20)15(2)8-10-6-7-13(14)21-10/h3-7H,8H2,1-2H3. The van der Waals surface area contributed by atoms with E-state index in [0.29, 0.717) is 4.34 Å². The van der Waals surface area contributed by atoms with E-state index in [2.05, 4.69) is 0 Å². The predicted molar refractivity (Wildman–Crippen MR) is 85.8 cm³/mol. The lowest BCUT2D eigenvalue weighted by molar-refractivity contribution is -0.385. The van der Waals surface area contributed by atoms with Crippen LogP contribution in [0.25, 0.3) is 0 Å². The zero-order chi connectivity index (χ0) is 16.5. The molecule has 0 saturated heterocycles. The fraction of sp³-hybridized carbons (Fsp3) is 0.231. The van der Waals surface area contributed by atoms with Gasteiger partial charge in [0, 0.05) is 30.1 Å². The van der Waals surface area contributed by atoms with E-state index >= 15 is 0 Å². The molecule has 9 heteroatoms. The first kappa shape index (κ1) is 16.9. The molecule has 0 atom stereocenters. The second-order valence-electron chi connectivity index (χ2n) is 4.62. The Balaban J connectivity index is 2.38. The molecule has 0 unspecified atom stereocenters. The van der Waals surface area contributed by atoms with Gasteiger partial charge in [0.15, 0.2) is 0 Å². The molecule has 0 radical (unpaired) electrons. The van der Waals surface area contributed by atoms with Crippen molar-refractivity contribution in [2.24, 2.45) is 0 Å². The summed E-state index contributed by atoms with van der Waals surface area (Å²) in [5, 5.41) is 10.9. The summed E-state index contributed by atoms with van der Waals surface area (Å²) in [6, 6.07) is 7.47. The van der Waals surface area contributed by atoms with E-state index in [1.807, 2.05) is 0 Å². The number of thiophene rings is 1. The second-order valence-corrected chi connectivity index (χ2v) is 8.44. The molecule has 1 heterocycles. The normalized spacial score (nSPS) is 11.8. The Morgan fingerprint density at radius 2 is 2.00 bits per heavy atom. The molecule has 2 rings (SSSR count). The highest BCUT2D eigenvalue weighted by Crippen LogP contribution is 2.29. The molecule has 6 nitrogen and oxygen atoms in total. The first-order chi connectivity index (χ1) is 10.2. The highest BCUT2D eigenvalue weighted by Gasteiger charge is 2.27. The van der Waals surface area contributed by atoms with Crippen LogP contribution < -0.4 is 0 Å². The minimum atomic E-state index is -3.82. The van der Waals surface area contributed by atoms with Crippen LogP contribution >= 0.6 is 22.9 Å². The van der Waals surface area contributed by atoms with Gasteiger partial charge in [-0.05, 0) is 25.1 Å². The number of rotatable bonds is 5. The van der Waals surface area contributed by atoms with Crippen molar-refractivity contribution in [3.05, 3.63) is 55.2 Å². The summed E-state index contributed by atoms with van der Waals surface area (Å²) in [7, 11) is -2.39. The third kappa shape index (κ3) is 3.30. The van der Waals surface area contributed by atoms with Crippen LogP contribution in [-0.2, 0) is 16.6 Å². The van der Waals surface area contributed by atoms with Crippen LogP contribution in [0.1, 0.15) is 10.4 Å². The topological polar surface area (TPSA) is 80.5 Å². The molecule has 22 heavy (non-hydrogen) atoms. The van der Waals surface area contributed by atoms with E-state index in [-0.39, 0.29) is 22.7 Å². The summed E-state index contributed by atoms with van der Waals surface area (Å²) in [4.78, 5) is 11.1. The second kappa shape index (κ2) is 6.33. The van der Waals surface area contributed by atoms with Crippen molar-refractivity contribution in [3.63, 3.8) is 0 Å². The van der Waals surface area contributed by atoms with Gasteiger partial charge >= 0.3 is 0 Å². The van der Waals surface area contributed by atoms with Gasteiger partial charge in [0.25, 0.3) is 5.69 Å². The van der Waals surface area contributed by atoms with Gasteiger partial charge in [-0.25, -0.2) is 8.42 Å². The van der Waals surface area contributed by atoms with Gasteiger partial charge in [-0.2, -0.15) is 4.31 Å². The lowest BCUT2D eigenvalue weighted by atomic mass is 10.2. The van der Waals surface area contributed by atoms with E-state index in [0.717, 1.165) is 9.18 Å². The lowest BCUT2D eigenvalue weighted by Crippen LogP contribution is -2.26. The number of hydrogen-bond donors (Lipinski definition) is 0. The summed E-state index contributed by atoms with van der Waals surface area (Å²) in [5.74, 6) is 0. The quantitative estimate of drug-likeness (QED) is 0.604. The molecular formula is C13H13ClN2O4S2. The van der Waals surface area contributed by atoms with E-state index < -0.39 is 14.9 Å². The predicted octanol–water partition coefficient (Wildman–Crippen LogP) is 3.44. The Morgan fingerprint density at radius 1 is 1.32 bits per heavy atom. The smallest absolute Gasteiger partial charge is 0.258 e. The van der Waals surface area contributed by atoms with Crippen LogP contribution in [0.5, 0.6) is 0 Å². The number of nitrogens with zero attached hydrogens (tertiary/aromatic N) is 2. The van der Waals surface area contributed by atoms with Gasteiger partial charge in [0.2, 0.25) is 10.0 Å². The summed E-state index contributed by atoms with van der Waals surface area (Å²) in [6.07, 6.45) is 0. The van der Waals surface area contributed by atoms with Crippen LogP contribution in [0.4, 0.5) is 5.69 Å². The maximum Gasteiger partial charge on any atom is 0.273 e. The summed E-state index contributed by atoms with van der Waals surface area (Å²) in [6.45, 7) is 1.59. The lowest BCUT2D eigenvalue weighted by Gasteiger charge is -2.17. The van der Waals surface area contributed by atoms with Gasteiger partial charge < -0.3 is 0 Å². The van der Waals surface area contributed by atoms with Gasteiger partial charge in [-0.15, -0.1) is 11.3 Å². The number of hydrogen-bond acceptors (Lipinski definition) is 5. The third-order valence-corrected chi connectivity index (χ3v) is 6.31. The molecule has 0 amide bonds. The monoisotopic (exact) mass is 360 g/mol. The highest BCUT2D eigenvalue weighted by atomic mass is 35.5. The Morgan fingerprint density at radius 3 is 2.55 bits per heavy atom. The van der Waals surface area contributed by atoms with Gasteiger partial charge in [-0.1, -0.05) is 17.7 Å². The molecule has 0 saturated carbocycles. The third-order valence-electron chi connectivity index (χ3n) is 3.15. The van der Waals surface area contributed by atoms with Crippen molar-refractivity contribution in [1.82, 2.24) is 4.31 Å². The molecule has 118 valence electrons. The van der Waals surface area contributed by atoms with E-state index in [9.17, 15) is 18.5 Å². The van der Waals surface area contributed by atoms with E-state index in [1.165, 1.54) is 43.5 Å². The fourth-order valence-corrected chi connectivity index (χ4v) is 4.60. The molecule has 0 bridgehead atoms. The SMILES string of the molecule is Cc1c([N+](=O)[O-])cccc1S(=O)(=O)N(C)Cc1ccc(Cl)s1. The summed E-state index contributed by atoms with van der Waals surface area (Å²) < 4.78 is 27.0. The molecule has 1 aromatic heterocycles.